The van der Waals surface area contributed by atoms with Gasteiger partial charge in [0.25, 0.3) is 0 Å². The van der Waals surface area contributed by atoms with Crippen molar-refractivity contribution in [2.45, 2.75) is 38.5 Å². The fourth-order valence-corrected chi connectivity index (χ4v) is 0.650. The minimum absolute atomic E-state index is 0.247. The SMILES string of the molecule is CCC/C=C/C(Cl)CC. The van der Waals surface area contributed by atoms with E-state index in [1.165, 1.54) is 6.42 Å². The van der Waals surface area contributed by atoms with Crippen molar-refractivity contribution in [3.8, 4) is 0 Å². The Morgan fingerprint density at radius 2 is 2.11 bits per heavy atom. The van der Waals surface area contributed by atoms with Crippen LogP contribution in [0.4, 0.5) is 0 Å². The molecule has 9 heavy (non-hydrogen) atoms. The first kappa shape index (κ1) is 9.03. The van der Waals surface area contributed by atoms with Gasteiger partial charge in [0.05, 0.1) is 5.38 Å². The van der Waals surface area contributed by atoms with Crippen molar-refractivity contribution in [1.29, 1.82) is 0 Å². The highest BCUT2D eigenvalue weighted by atomic mass is 35.5. The molecule has 0 aliphatic heterocycles. The van der Waals surface area contributed by atoms with Crippen LogP contribution in [0.15, 0.2) is 12.2 Å². The van der Waals surface area contributed by atoms with E-state index in [2.05, 4.69) is 26.0 Å². The Morgan fingerprint density at radius 1 is 1.44 bits per heavy atom. The lowest BCUT2D eigenvalue weighted by Crippen LogP contribution is -1.87. The zero-order chi connectivity index (χ0) is 7.11. The number of halogens is 1. The van der Waals surface area contributed by atoms with Gasteiger partial charge in [-0.15, -0.1) is 11.6 Å². The van der Waals surface area contributed by atoms with Gasteiger partial charge in [-0.2, -0.15) is 0 Å². The minimum Gasteiger partial charge on any atom is -0.118 e. The summed E-state index contributed by atoms with van der Waals surface area (Å²) >= 11 is 5.81. The maximum Gasteiger partial charge on any atom is 0.0513 e. The molecule has 0 saturated carbocycles. The fraction of sp³-hybridized carbons (Fsp3) is 0.750. The Balaban J connectivity index is 3.20. The van der Waals surface area contributed by atoms with E-state index in [-0.39, 0.29) is 5.38 Å². The van der Waals surface area contributed by atoms with Crippen LogP contribution in [0.5, 0.6) is 0 Å². The standard InChI is InChI=1S/C8H15Cl/c1-3-5-6-7-8(9)4-2/h6-8H,3-5H2,1-2H3/b7-6+. The summed E-state index contributed by atoms with van der Waals surface area (Å²) in [7, 11) is 0. The van der Waals surface area contributed by atoms with Gasteiger partial charge in [0.1, 0.15) is 0 Å². The molecule has 0 bridgehead atoms. The number of allylic oxidation sites excluding steroid dienone is 2. The first-order chi connectivity index (χ1) is 4.31. The molecule has 0 rings (SSSR count). The summed E-state index contributed by atoms with van der Waals surface area (Å²) in [6.07, 6.45) is 7.63. The average molecular weight is 147 g/mol. The van der Waals surface area contributed by atoms with Gasteiger partial charge in [0, 0.05) is 0 Å². The molecule has 0 aliphatic rings. The van der Waals surface area contributed by atoms with Crippen molar-refractivity contribution in [2.24, 2.45) is 0 Å². The van der Waals surface area contributed by atoms with Crippen molar-refractivity contribution in [3.05, 3.63) is 12.2 Å². The molecular weight excluding hydrogens is 132 g/mol. The van der Waals surface area contributed by atoms with E-state index in [0.29, 0.717) is 0 Å². The van der Waals surface area contributed by atoms with Gasteiger partial charge >= 0.3 is 0 Å². The maximum absolute atomic E-state index is 5.81. The molecule has 1 unspecified atom stereocenters. The van der Waals surface area contributed by atoms with Crippen molar-refractivity contribution in [2.75, 3.05) is 0 Å². The molecule has 0 nitrogen and oxygen atoms in total. The lowest BCUT2D eigenvalue weighted by atomic mass is 10.2. The van der Waals surface area contributed by atoms with E-state index < -0.39 is 0 Å². The largest absolute Gasteiger partial charge is 0.118 e. The molecule has 0 spiro atoms. The highest BCUT2D eigenvalue weighted by Crippen LogP contribution is 2.03. The second-order valence-corrected chi connectivity index (χ2v) is 2.70. The number of hydrogen-bond donors (Lipinski definition) is 0. The first-order valence-corrected chi connectivity index (χ1v) is 4.05. The van der Waals surface area contributed by atoms with Gasteiger partial charge in [-0.3, -0.25) is 0 Å². The normalized spacial score (nSPS) is 14.6. The van der Waals surface area contributed by atoms with Crippen LogP contribution in [0.3, 0.4) is 0 Å². The van der Waals surface area contributed by atoms with Crippen LogP contribution >= 0.6 is 11.6 Å². The molecule has 0 amide bonds. The summed E-state index contributed by atoms with van der Waals surface area (Å²) < 4.78 is 0. The minimum atomic E-state index is 0.247. The molecule has 0 radical (unpaired) electrons. The Morgan fingerprint density at radius 3 is 2.56 bits per heavy atom. The molecule has 0 heterocycles. The van der Waals surface area contributed by atoms with Gasteiger partial charge in [-0.25, -0.2) is 0 Å². The summed E-state index contributed by atoms with van der Waals surface area (Å²) in [5.41, 5.74) is 0. The predicted molar refractivity (Wildman–Crippen MR) is 44.0 cm³/mol. The van der Waals surface area contributed by atoms with E-state index in [1.807, 2.05) is 0 Å². The number of alkyl halides is 1. The Bertz CT molecular complexity index is 76.6. The molecule has 0 N–H and O–H groups in total. The third kappa shape index (κ3) is 5.91. The molecule has 1 atom stereocenters. The molecule has 1 heteroatoms. The van der Waals surface area contributed by atoms with E-state index in [4.69, 9.17) is 11.6 Å². The van der Waals surface area contributed by atoms with Crippen LogP contribution in [0.25, 0.3) is 0 Å². The zero-order valence-corrected chi connectivity index (χ0v) is 6.99. The van der Waals surface area contributed by atoms with Crippen molar-refractivity contribution in [1.82, 2.24) is 0 Å². The average Bonchev–Trinajstić information content (AvgIpc) is 1.89. The van der Waals surface area contributed by atoms with Gasteiger partial charge in [0.15, 0.2) is 0 Å². The van der Waals surface area contributed by atoms with Crippen molar-refractivity contribution < 1.29 is 0 Å². The summed E-state index contributed by atoms with van der Waals surface area (Å²) in [5.74, 6) is 0. The maximum atomic E-state index is 5.81. The molecule has 0 aromatic rings. The van der Waals surface area contributed by atoms with Crippen molar-refractivity contribution >= 4 is 11.6 Å². The lowest BCUT2D eigenvalue weighted by molar-refractivity contribution is 0.925. The molecule has 0 saturated heterocycles. The molecule has 0 aliphatic carbocycles. The molecule has 54 valence electrons. The Labute approximate surface area is 62.9 Å². The highest BCUT2D eigenvalue weighted by molar-refractivity contribution is 6.21. The third-order valence-electron chi connectivity index (χ3n) is 1.19. The molecular formula is C8H15Cl. The van der Waals surface area contributed by atoms with Gasteiger partial charge in [-0.1, -0.05) is 32.4 Å². The summed E-state index contributed by atoms with van der Waals surface area (Å²) in [6.45, 7) is 4.26. The number of rotatable bonds is 4. The van der Waals surface area contributed by atoms with Crippen LogP contribution in [-0.4, -0.2) is 5.38 Å². The topological polar surface area (TPSA) is 0 Å². The van der Waals surface area contributed by atoms with Crippen LogP contribution in [-0.2, 0) is 0 Å². The summed E-state index contributed by atoms with van der Waals surface area (Å²) in [4.78, 5) is 0. The lowest BCUT2D eigenvalue weighted by Gasteiger charge is -1.94. The number of unbranched alkanes of at least 4 members (excludes halogenated alkanes) is 1. The summed E-state index contributed by atoms with van der Waals surface area (Å²) in [5, 5.41) is 0.247. The van der Waals surface area contributed by atoms with E-state index >= 15 is 0 Å². The third-order valence-corrected chi connectivity index (χ3v) is 1.64. The Hall–Kier alpha value is 0.0300. The zero-order valence-electron chi connectivity index (χ0n) is 6.23. The fourth-order valence-electron chi connectivity index (χ4n) is 0.547. The second kappa shape index (κ2) is 6.15. The highest BCUT2D eigenvalue weighted by Gasteiger charge is 1.90. The van der Waals surface area contributed by atoms with E-state index in [0.717, 1.165) is 12.8 Å². The molecule has 0 aromatic carbocycles. The quantitative estimate of drug-likeness (QED) is 0.422. The van der Waals surface area contributed by atoms with E-state index in [1.54, 1.807) is 0 Å². The van der Waals surface area contributed by atoms with Gasteiger partial charge < -0.3 is 0 Å². The van der Waals surface area contributed by atoms with Crippen molar-refractivity contribution in [3.63, 3.8) is 0 Å². The monoisotopic (exact) mass is 146 g/mol. The molecule has 0 fully saturated rings. The van der Waals surface area contributed by atoms with Gasteiger partial charge in [0.2, 0.25) is 0 Å². The van der Waals surface area contributed by atoms with Crippen LogP contribution < -0.4 is 0 Å². The first-order valence-electron chi connectivity index (χ1n) is 3.62. The number of hydrogen-bond acceptors (Lipinski definition) is 0. The van der Waals surface area contributed by atoms with Crippen LogP contribution in [0, 0.1) is 0 Å². The predicted octanol–water partition coefficient (Wildman–Crippen LogP) is 3.36. The van der Waals surface area contributed by atoms with E-state index in [9.17, 15) is 0 Å². The molecule has 0 aromatic heterocycles. The summed E-state index contributed by atoms with van der Waals surface area (Å²) in [6, 6.07) is 0. The smallest absolute Gasteiger partial charge is 0.0513 e. The van der Waals surface area contributed by atoms with Gasteiger partial charge in [-0.05, 0) is 12.8 Å². The van der Waals surface area contributed by atoms with Crippen LogP contribution in [0.1, 0.15) is 33.1 Å². The van der Waals surface area contributed by atoms with Crippen LogP contribution in [0.2, 0.25) is 0 Å². The second-order valence-electron chi connectivity index (χ2n) is 2.14. The Kier molecular flexibility index (Phi) is 6.18.